The number of carbonyl (C=O) groups excluding carboxylic acids is 3. The Kier molecular flexibility index (Phi) is 11.7. The topological polar surface area (TPSA) is 97.8 Å². The molecule has 10 heteroatoms. The van der Waals surface area contributed by atoms with E-state index in [0.29, 0.717) is 0 Å². The minimum Gasteiger partial charge on any atom is -0.465 e. The van der Waals surface area contributed by atoms with Crippen molar-refractivity contribution < 1.29 is 33.3 Å². The number of ether oxygens (including phenoxy) is 4. The van der Waals surface area contributed by atoms with Gasteiger partial charge in [-0.15, -0.1) is 0 Å². The van der Waals surface area contributed by atoms with Gasteiger partial charge >= 0.3 is 17.9 Å². The lowest BCUT2D eigenvalue weighted by Crippen LogP contribution is -2.47. The number of rotatable bonds is 13. The zero-order valence-corrected chi connectivity index (χ0v) is 32.4. The molecule has 0 aromatic carbocycles. The molecule has 10 nitrogen and oxygen atoms in total. The Morgan fingerprint density at radius 3 is 1.26 bits per heavy atom. The molecule has 3 rings (SSSR count). The van der Waals surface area contributed by atoms with Crippen LogP contribution in [0.25, 0.3) is 0 Å². The van der Waals surface area contributed by atoms with Gasteiger partial charge in [-0.2, -0.15) is 0 Å². The van der Waals surface area contributed by atoms with E-state index in [9.17, 15) is 14.4 Å². The van der Waals surface area contributed by atoms with Gasteiger partial charge in [0.15, 0.2) is 0 Å². The van der Waals surface area contributed by atoms with Crippen molar-refractivity contribution >= 4 is 17.9 Å². The lowest BCUT2D eigenvalue weighted by molar-refractivity contribution is -0.166. The van der Waals surface area contributed by atoms with E-state index in [1.165, 1.54) is 7.11 Å². The van der Waals surface area contributed by atoms with Crippen molar-refractivity contribution in [1.29, 1.82) is 0 Å². The van der Waals surface area contributed by atoms with E-state index < -0.39 is 23.5 Å². The highest BCUT2D eigenvalue weighted by Gasteiger charge is 2.51. The van der Waals surface area contributed by atoms with Crippen LogP contribution in [0.4, 0.5) is 0 Å². The van der Waals surface area contributed by atoms with Gasteiger partial charge in [0.1, 0.15) is 0 Å². The fourth-order valence-electron chi connectivity index (χ4n) is 8.57. The van der Waals surface area contributed by atoms with Gasteiger partial charge in [-0.25, -0.2) is 0 Å². The van der Waals surface area contributed by atoms with Crippen LogP contribution in [0.1, 0.15) is 115 Å². The minimum atomic E-state index is -1.45. The Hall–Kier alpha value is -1.75. The van der Waals surface area contributed by atoms with E-state index >= 15 is 0 Å². The van der Waals surface area contributed by atoms with Crippen molar-refractivity contribution in [3.8, 4) is 0 Å². The van der Waals surface area contributed by atoms with E-state index in [1.54, 1.807) is 0 Å². The SMILES string of the molecule is COC(CC(=O)OCC1CC(C)(C)N(C)C1C)(CC(=O)OCC1CC(C)(C)N(C)C1(C)C)CC(=O)OCC1CC(C)(C)N(C)C1(C)C. The molecule has 0 N–H and O–H groups in total. The molecule has 3 aliphatic heterocycles. The Bertz CT molecular complexity index is 1090. The predicted molar refractivity (Wildman–Crippen MR) is 184 cm³/mol. The molecule has 0 aliphatic carbocycles. The summed E-state index contributed by atoms with van der Waals surface area (Å²) in [4.78, 5) is 47.2. The van der Waals surface area contributed by atoms with E-state index in [0.717, 1.165) is 19.3 Å². The molecule has 3 aliphatic rings. The average Bonchev–Trinajstić information content (AvgIpc) is 3.33. The van der Waals surface area contributed by atoms with E-state index in [4.69, 9.17) is 18.9 Å². The van der Waals surface area contributed by atoms with Crippen LogP contribution in [0.5, 0.6) is 0 Å². The summed E-state index contributed by atoms with van der Waals surface area (Å²) in [6, 6.07) is 0.252. The number of carbonyl (C=O) groups is 3. The summed E-state index contributed by atoms with van der Waals surface area (Å²) in [6.45, 7) is 24.7. The van der Waals surface area contributed by atoms with Crippen LogP contribution in [0.15, 0.2) is 0 Å². The molecular weight excluding hydrogens is 598 g/mol. The van der Waals surface area contributed by atoms with E-state index in [1.807, 2.05) is 0 Å². The summed E-state index contributed by atoms with van der Waals surface area (Å²) in [5.41, 5.74) is -1.81. The number of hydrogen-bond donors (Lipinski definition) is 0. The van der Waals surface area contributed by atoms with Crippen LogP contribution in [-0.4, -0.2) is 120 Å². The molecule has 3 heterocycles. The Labute approximate surface area is 285 Å². The largest absolute Gasteiger partial charge is 0.465 e. The maximum Gasteiger partial charge on any atom is 0.308 e. The molecule has 0 aromatic heterocycles. The van der Waals surface area contributed by atoms with Gasteiger partial charge in [0.05, 0.1) is 44.7 Å². The highest BCUT2D eigenvalue weighted by atomic mass is 16.6. The molecule has 0 radical (unpaired) electrons. The van der Waals surface area contributed by atoms with E-state index in [2.05, 4.69) is 112 Å². The van der Waals surface area contributed by atoms with Gasteiger partial charge in [0.2, 0.25) is 0 Å². The van der Waals surface area contributed by atoms with Crippen LogP contribution in [0, 0.1) is 17.8 Å². The second-order valence-corrected chi connectivity index (χ2v) is 17.9. The first-order valence-corrected chi connectivity index (χ1v) is 17.5. The second kappa shape index (κ2) is 13.9. The third-order valence-corrected chi connectivity index (χ3v) is 13.2. The minimum absolute atomic E-state index is 0.0100. The molecule has 0 spiro atoms. The van der Waals surface area contributed by atoms with Crippen molar-refractivity contribution in [3.05, 3.63) is 0 Å². The number of methoxy groups -OCH3 is 1. The zero-order valence-electron chi connectivity index (χ0n) is 32.4. The molecule has 0 aromatic rings. The van der Waals surface area contributed by atoms with Crippen molar-refractivity contribution in [2.24, 2.45) is 17.8 Å². The zero-order chi connectivity index (χ0) is 36.0. The third kappa shape index (κ3) is 8.53. The monoisotopic (exact) mass is 665 g/mol. The summed E-state index contributed by atoms with van der Waals surface area (Å²) >= 11 is 0. The summed E-state index contributed by atoms with van der Waals surface area (Å²) in [7, 11) is 7.73. The number of nitrogens with zero attached hydrogens (tertiary/aromatic N) is 3. The first-order chi connectivity index (χ1) is 21.3. The predicted octanol–water partition coefficient (Wildman–Crippen LogP) is 5.31. The molecule has 272 valence electrons. The van der Waals surface area contributed by atoms with Crippen LogP contribution in [0.3, 0.4) is 0 Å². The van der Waals surface area contributed by atoms with Gasteiger partial charge in [0, 0.05) is 58.6 Å². The number of esters is 3. The molecule has 0 bridgehead atoms. The highest BCUT2D eigenvalue weighted by molar-refractivity contribution is 5.79. The van der Waals surface area contributed by atoms with Crippen molar-refractivity contribution in [2.45, 2.75) is 154 Å². The van der Waals surface area contributed by atoms with Crippen LogP contribution >= 0.6 is 0 Å². The standard InChI is InChI=1S/C37H67N3O7/c1-25-26(16-32(2,3)38(25)12)22-45-29(41)19-37(44-15,20-30(42)46-23-27-17-33(4,5)39(13)35(27,8)9)21-31(43)47-24-28-18-34(6,7)40(14)36(28,10)11/h25-28H,16-24H2,1-15H3. The molecule has 0 saturated carbocycles. The molecule has 3 fully saturated rings. The fraction of sp³-hybridized carbons (Fsp3) is 0.919. The number of likely N-dealkylation sites (tertiary alicyclic amines) is 3. The second-order valence-electron chi connectivity index (χ2n) is 17.9. The summed E-state index contributed by atoms with van der Waals surface area (Å²) in [5, 5.41) is 0. The maximum atomic E-state index is 13.4. The quantitative estimate of drug-likeness (QED) is 0.190. The Morgan fingerprint density at radius 2 is 0.979 bits per heavy atom. The molecule has 0 amide bonds. The lowest BCUT2D eigenvalue weighted by atomic mass is 9.87. The Morgan fingerprint density at radius 1 is 0.617 bits per heavy atom. The van der Waals surface area contributed by atoms with Gasteiger partial charge in [0.25, 0.3) is 0 Å². The Balaban J connectivity index is 1.71. The van der Waals surface area contributed by atoms with Crippen LogP contribution in [-0.2, 0) is 33.3 Å². The molecule has 4 atom stereocenters. The maximum absolute atomic E-state index is 13.4. The van der Waals surface area contributed by atoms with Crippen LogP contribution < -0.4 is 0 Å². The molecule has 4 unspecified atom stereocenters. The first kappa shape index (κ1) is 39.7. The summed E-state index contributed by atoms with van der Waals surface area (Å²) in [5.74, 6) is -1.09. The fourth-order valence-corrected chi connectivity index (χ4v) is 8.57. The third-order valence-electron chi connectivity index (χ3n) is 13.2. The highest BCUT2D eigenvalue weighted by Crippen LogP contribution is 2.45. The lowest BCUT2D eigenvalue weighted by Gasteiger charge is -2.38. The normalized spacial score (nSPS) is 31.0. The smallest absolute Gasteiger partial charge is 0.308 e. The van der Waals surface area contributed by atoms with Crippen molar-refractivity contribution in [3.63, 3.8) is 0 Å². The molecular formula is C37H67N3O7. The molecule has 3 saturated heterocycles. The molecule has 47 heavy (non-hydrogen) atoms. The van der Waals surface area contributed by atoms with Gasteiger partial charge in [-0.1, -0.05) is 0 Å². The summed E-state index contributed by atoms with van der Waals surface area (Å²) < 4.78 is 23.4. The van der Waals surface area contributed by atoms with Crippen molar-refractivity contribution in [2.75, 3.05) is 48.1 Å². The van der Waals surface area contributed by atoms with Gasteiger partial charge in [-0.3, -0.25) is 29.1 Å². The number of hydrogen-bond acceptors (Lipinski definition) is 10. The van der Waals surface area contributed by atoms with Gasteiger partial charge < -0.3 is 18.9 Å². The van der Waals surface area contributed by atoms with Gasteiger partial charge in [-0.05, 0) is 117 Å². The van der Waals surface area contributed by atoms with Crippen molar-refractivity contribution in [1.82, 2.24) is 14.7 Å². The average molecular weight is 666 g/mol. The first-order valence-electron chi connectivity index (χ1n) is 17.5. The van der Waals surface area contributed by atoms with Crippen LogP contribution in [0.2, 0.25) is 0 Å². The van der Waals surface area contributed by atoms with E-state index in [-0.39, 0.29) is 90.6 Å². The summed E-state index contributed by atoms with van der Waals surface area (Å²) in [6.07, 6.45) is 1.88.